The molecule has 1 aliphatic rings. The SMILES string of the molecule is Cc1cc(-c2nnnn2C2CC(C)CC(C)C2)ccc1N. The summed E-state index contributed by atoms with van der Waals surface area (Å²) in [5, 5.41) is 12.4. The van der Waals surface area contributed by atoms with E-state index in [1.54, 1.807) is 0 Å². The van der Waals surface area contributed by atoms with Crippen LogP contribution >= 0.6 is 0 Å². The highest BCUT2D eigenvalue weighted by atomic mass is 15.5. The molecule has 2 unspecified atom stereocenters. The highest BCUT2D eigenvalue weighted by molar-refractivity contribution is 5.61. The summed E-state index contributed by atoms with van der Waals surface area (Å²) in [6.07, 6.45) is 3.60. The van der Waals surface area contributed by atoms with E-state index in [0.29, 0.717) is 6.04 Å². The molecule has 5 nitrogen and oxygen atoms in total. The van der Waals surface area contributed by atoms with E-state index in [1.165, 1.54) is 6.42 Å². The molecule has 1 fully saturated rings. The molecule has 2 atom stereocenters. The van der Waals surface area contributed by atoms with Gasteiger partial charge < -0.3 is 5.73 Å². The van der Waals surface area contributed by atoms with Gasteiger partial charge in [0.2, 0.25) is 0 Å². The van der Waals surface area contributed by atoms with Gasteiger partial charge in [-0.3, -0.25) is 0 Å². The zero-order chi connectivity index (χ0) is 15.0. The van der Waals surface area contributed by atoms with Gasteiger partial charge in [0.05, 0.1) is 6.04 Å². The molecule has 0 bridgehead atoms. The third kappa shape index (κ3) is 2.77. The molecular weight excluding hydrogens is 262 g/mol. The molecule has 0 amide bonds. The predicted molar refractivity (Wildman–Crippen MR) is 83.6 cm³/mol. The Labute approximate surface area is 125 Å². The van der Waals surface area contributed by atoms with Crippen molar-refractivity contribution in [1.29, 1.82) is 0 Å². The summed E-state index contributed by atoms with van der Waals surface area (Å²) in [4.78, 5) is 0. The van der Waals surface area contributed by atoms with Gasteiger partial charge in [-0.2, -0.15) is 0 Å². The Kier molecular flexibility index (Phi) is 3.66. The molecule has 0 saturated heterocycles. The summed E-state index contributed by atoms with van der Waals surface area (Å²) in [6, 6.07) is 6.38. The third-order valence-electron chi connectivity index (χ3n) is 4.52. The maximum absolute atomic E-state index is 5.90. The van der Waals surface area contributed by atoms with E-state index in [4.69, 9.17) is 5.73 Å². The second kappa shape index (κ2) is 5.47. The first-order chi connectivity index (χ1) is 10.0. The normalized spacial score (nSPS) is 26.0. The monoisotopic (exact) mass is 285 g/mol. The number of benzene rings is 1. The highest BCUT2D eigenvalue weighted by Crippen LogP contribution is 2.37. The number of aromatic nitrogens is 4. The standard InChI is InChI=1S/C16H23N5/c1-10-6-11(2)8-14(7-10)21-16(18-19-20-21)13-4-5-15(17)12(3)9-13/h4-5,9-11,14H,6-8,17H2,1-3H3. The van der Waals surface area contributed by atoms with E-state index >= 15 is 0 Å². The van der Waals surface area contributed by atoms with Crippen LogP contribution in [0.25, 0.3) is 11.4 Å². The van der Waals surface area contributed by atoms with Gasteiger partial charge in [-0.25, -0.2) is 4.68 Å². The Morgan fingerprint density at radius 1 is 1.14 bits per heavy atom. The van der Waals surface area contributed by atoms with Crippen LogP contribution in [0.3, 0.4) is 0 Å². The Hall–Kier alpha value is -1.91. The third-order valence-corrected chi connectivity index (χ3v) is 4.52. The van der Waals surface area contributed by atoms with Gasteiger partial charge in [0, 0.05) is 11.3 Å². The van der Waals surface area contributed by atoms with Crippen molar-refractivity contribution < 1.29 is 0 Å². The molecule has 2 N–H and O–H groups in total. The zero-order valence-electron chi connectivity index (χ0n) is 13.0. The second-order valence-corrected chi connectivity index (χ2v) is 6.59. The number of nitrogens with zero attached hydrogens (tertiary/aromatic N) is 4. The van der Waals surface area contributed by atoms with E-state index in [1.807, 2.05) is 23.7 Å². The van der Waals surface area contributed by atoms with Gasteiger partial charge in [0.1, 0.15) is 0 Å². The van der Waals surface area contributed by atoms with Gasteiger partial charge in [0.15, 0.2) is 5.82 Å². The fraction of sp³-hybridized carbons (Fsp3) is 0.562. The number of hydrogen-bond donors (Lipinski definition) is 1. The van der Waals surface area contributed by atoms with Gasteiger partial charge in [0.25, 0.3) is 0 Å². The predicted octanol–water partition coefficient (Wildman–Crippen LogP) is 3.23. The summed E-state index contributed by atoms with van der Waals surface area (Å²) < 4.78 is 2.01. The topological polar surface area (TPSA) is 69.6 Å². The summed E-state index contributed by atoms with van der Waals surface area (Å²) in [5.74, 6) is 2.30. The van der Waals surface area contributed by atoms with Crippen LogP contribution in [0.2, 0.25) is 0 Å². The molecule has 2 aromatic rings. The van der Waals surface area contributed by atoms with Crippen molar-refractivity contribution >= 4 is 5.69 Å². The number of rotatable bonds is 2. The lowest BCUT2D eigenvalue weighted by atomic mass is 9.80. The molecule has 1 heterocycles. The minimum Gasteiger partial charge on any atom is -0.399 e. The molecule has 1 aromatic heterocycles. The first-order valence-electron chi connectivity index (χ1n) is 7.69. The fourth-order valence-electron chi connectivity index (χ4n) is 3.55. The highest BCUT2D eigenvalue weighted by Gasteiger charge is 2.28. The molecule has 1 saturated carbocycles. The number of nitrogens with two attached hydrogens (primary N) is 1. The van der Waals surface area contributed by atoms with Gasteiger partial charge >= 0.3 is 0 Å². The number of aryl methyl sites for hydroxylation is 1. The molecule has 3 rings (SSSR count). The van der Waals surface area contributed by atoms with E-state index in [9.17, 15) is 0 Å². The average Bonchev–Trinajstić information content (AvgIpc) is 2.90. The Morgan fingerprint density at radius 2 is 1.86 bits per heavy atom. The molecule has 5 heteroatoms. The number of nitrogen functional groups attached to an aromatic ring is 1. The van der Waals surface area contributed by atoms with Crippen LogP contribution in [0.4, 0.5) is 5.69 Å². The Balaban J connectivity index is 1.95. The summed E-state index contributed by atoms with van der Waals surface area (Å²) >= 11 is 0. The van der Waals surface area contributed by atoms with Crippen LogP contribution in [0.1, 0.15) is 44.7 Å². The quantitative estimate of drug-likeness (QED) is 0.860. The van der Waals surface area contributed by atoms with E-state index in [-0.39, 0.29) is 0 Å². The maximum Gasteiger partial charge on any atom is 0.182 e. The molecule has 1 aliphatic carbocycles. The maximum atomic E-state index is 5.90. The van der Waals surface area contributed by atoms with Crippen molar-refractivity contribution in [2.45, 2.75) is 46.1 Å². The van der Waals surface area contributed by atoms with Gasteiger partial charge in [-0.05, 0) is 72.2 Å². The number of anilines is 1. The van der Waals surface area contributed by atoms with Crippen molar-refractivity contribution in [1.82, 2.24) is 20.2 Å². The van der Waals surface area contributed by atoms with Crippen LogP contribution in [0.5, 0.6) is 0 Å². The fourth-order valence-corrected chi connectivity index (χ4v) is 3.55. The van der Waals surface area contributed by atoms with Gasteiger partial charge in [-0.15, -0.1) is 5.10 Å². The zero-order valence-corrected chi connectivity index (χ0v) is 13.0. The van der Waals surface area contributed by atoms with Crippen molar-refractivity contribution in [2.24, 2.45) is 11.8 Å². The Morgan fingerprint density at radius 3 is 2.52 bits per heavy atom. The minimum atomic E-state index is 0.395. The largest absolute Gasteiger partial charge is 0.399 e. The minimum absolute atomic E-state index is 0.395. The number of tetrazole rings is 1. The van der Waals surface area contributed by atoms with E-state index in [0.717, 1.165) is 47.3 Å². The van der Waals surface area contributed by atoms with Crippen LogP contribution < -0.4 is 5.73 Å². The van der Waals surface area contributed by atoms with Crippen LogP contribution in [0.15, 0.2) is 18.2 Å². The van der Waals surface area contributed by atoms with Crippen LogP contribution in [-0.2, 0) is 0 Å². The number of hydrogen-bond acceptors (Lipinski definition) is 4. The molecular formula is C16H23N5. The van der Waals surface area contributed by atoms with Crippen molar-refractivity contribution in [3.63, 3.8) is 0 Å². The van der Waals surface area contributed by atoms with Crippen molar-refractivity contribution in [2.75, 3.05) is 5.73 Å². The lowest BCUT2D eigenvalue weighted by Crippen LogP contribution is -2.24. The van der Waals surface area contributed by atoms with Crippen molar-refractivity contribution in [3.05, 3.63) is 23.8 Å². The van der Waals surface area contributed by atoms with E-state index in [2.05, 4.69) is 35.4 Å². The van der Waals surface area contributed by atoms with Crippen LogP contribution in [0, 0.1) is 18.8 Å². The first-order valence-corrected chi connectivity index (χ1v) is 7.69. The summed E-state index contributed by atoms with van der Waals surface area (Å²) in [5.41, 5.74) is 8.81. The first kappa shape index (κ1) is 14.0. The summed E-state index contributed by atoms with van der Waals surface area (Å²) in [7, 11) is 0. The summed E-state index contributed by atoms with van der Waals surface area (Å²) in [6.45, 7) is 6.65. The Bertz CT molecular complexity index is 623. The average molecular weight is 285 g/mol. The molecule has 0 radical (unpaired) electrons. The lowest BCUT2D eigenvalue weighted by Gasteiger charge is -2.31. The molecule has 1 aromatic carbocycles. The molecule has 0 aliphatic heterocycles. The molecule has 21 heavy (non-hydrogen) atoms. The lowest BCUT2D eigenvalue weighted by molar-refractivity contribution is 0.209. The van der Waals surface area contributed by atoms with Gasteiger partial charge in [-0.1, -0.05) is 13.8 Å². The molecule has 0 spiro atoms. The van der Waals surface area contributed by atoms with E-state index < -0.39 is 0 Å². The van der Waals surface area contributed by atoms with Crippen LogP contribution in [-0.4, -0.2) is 20.2 Å². The molecule has 112 valence electrons. The van der Waals surface area contributed by atoms with Crippen molar-refractivity contribution in [3.8, 4) is 11.4 Å². The second-order valence-electron chi connectivity index (χ2n) is 6.59. The smallest absolute Gasteiger partial charge is 0.182 e.